The number of ether oxygens (including phenoxy) is 2. The maximum Gasteiger partial charge on any atom is 0.387 e. The number of carbonyl (C=O) groups excluding carboxylic acids is 1. The summed E-state index contributed by atoms with van der Waals surface area (Å²) in [4.78, 5) is 14.0. The van der Waals surface area contributed by atoms with Gasteiger partial charge in [-0.15, -0.1) is 6.58 Å². The van der Waals surface area contributed by atoms with E-state index in [-0.39, 0.29) is 11.3 Å². The molecule has 2 rings (SSSR count). The molecule has 0 saturated carbocycles. The molecular formula is C17H18F2N2O3S. The molecule has 25 heavy (non-hydrogen) atoms. The summed E-state index contributed by atoms with van der Waals surface area (Å²) in [5, 5.41) is 3.35. The van der Waals surface area contributed by atoms with Gasteiger partial charge >= 0.3 is 12.6 Å². The molecule has 0 fully saturated rings. The van der Waals surface area contributed by atoms with Gasteiger partial charge in [0.15, 0.2) is 5.11 Å². The summed E-state index contributed by atoms with van der Waals surface area (Å²) in [5.41, 5.74) is 1.19. The van der Waals surface area contributed by atoms with Crippen LogP contribution in [-0.2, 0) is 9.53 Å². The van der Waals surface area contributed by atoms with Gasteiger partial charge in [-0.1, -0.05) is 24.3 Å². The standard InChI is InChI=1S/C17H18F2N2O3S/c1-4-9-21-10(2)13(15(22)23-3)14(20-17(21)25)11-7-5-6-8-12(11)24-16(18)19/h4-8,14,16H,1,9H2,2-3H3,(H,20,25)/t14-/m0/s1. The van der Waals surface area contributed by atoms with Crippen molar-refractivity contribution in [1.29, 1.82) is 0 Å². The van der Waals surface area contributed by atoms with Crippen molar-refractivity contribution in [2.45, 2.75) is 19.6 Å². The van der Waals surface area contributed by atoms with Crippen LogP contribution in [-0.4, -0.2) is 36.2 Å². The molecule has 1 aromatic rings. The average Bonchev–Trinajstić information content (AvgIpc) is 2.57. The summed E-state index contributed by atoms with van der Waals surface area (Å²) in [6, 6.07) is 5.47. The zero-order chi connectivity index (χ0) is 18.6. The number of esters is 1. The topological polar surface area (TPSA) is 50.8 Å². The Morgan fingerprint density at radius 1 is 1.48 bits per heavy atom. The van der Waals surface area contributed by atoms with E-state index in [2.05, 4.69) is 16.6 Å². The summed E-state index contributed by atoms with van der Waals surface area (Å²) in [5.74, 6) is -0.623. The number of allylic oxidation sites excluding steroid dienone is 1. The van der Waals surface area contributed by atoms with E-state index in [1.54, 1.807) is 36.1 Å². The van der Waals surface area contributed by atoms with Gasteiger partial charge < -0.3 is 19.7 Å². The highest BCUT2D eigenvalue weighted by Crippen LogP contribution is 2.36. The van der Waals surface area contributed by atoms with Crippen LogP contribution in [0.25, 0.3) is 0 Å². The lowest BCUT2D eigenvalue weighted by Gasteiger charge is -2.37. The molecule has 0 spiro atoms. The van der Waals surface area contributed by atoms with Gasteiger partial charge in [0.05, 0.1) is 18.7 Å². The molecule has 0 saturated heterocycles. The number of methoxy groups -OCH3 is 1. The zero-order valence-corrected chi connectivity index (χ0v) is 14.6. The molecule has 8 heteroatoms. The second kappa shape index (κ2) is 8.06. The predicted molar refractivity (Wildman–Crippen MR) is 93.2 cm³/mol. The number of rotatable bonds is 6. The Hall–Kier alpha value is -2.48. The second-order valence-corrected chi connectivity index (χ2v) is 5.58. The van der Waals surface area contributed by atoms with Gasteiger partial charge in [-0.3, -0.25) is 0 Å². The van der Waals surface area contributed by atoms with Crippen LogP contribution in [0, 0.1) is 0 Å². The van der Waals surface area contributed by atoms with E-state index in [4.69, 9.17) is 17.0 Å². The Labute approximate surface area is 149 Å². The molecule has 5 nitrogen and oxygen atoms in total. The van der Waals surface area contributed by atoms with E-state index in [0.717, 1.165) is 0 Å². The van der Waals surface area contributed by atoms with Crippen molar-refractivity contribution < 1.29 is 23.0 Å². The molecular weight excluding hydrogens is 350 g/mol. The summed E-state index contributed by atoms with van der Waals surface area (Å²) in [6.45, 7) is 2.78. The Bertz CT molecular complexity index is 722. The number of halogens is 2. The highest BCUT2D eigenvalue weighted by molar-refractivity contribution is 7.80. The largest absolute Gasteiger partial charge is 0.466 e. The quantitative estimate of drug-likeness (QED) is 0.473. The van der Waals surface area contributed by atoms with Crippen molar-refractivity contribution in [3.8, 4) is 5.75 Å². The monoisotopic (exact) mass is 368 g/mol. The van der Waals surface area contributed by atoms with E-state index in [1.807, 2.05) is 0 Å². The van der Waals surface area contributed by atoms with Gasteiger partial charge in [-0.25, -0.2) is 4.79 Å². The summed E-state index contributed by atoms with van der Waals surface area (Å²) in [7, 11) is 1.26. The van der Waals surface area contributed by atoms with Crippen LogP contribution in [0.2, 0.25) is 0 Å². The van der Waals surface area contributed by atoms with Crippen molar-refractivity contribution in [3.63, 3.8) is 0 Å². The molecule has 1 aliphatic rings. The molecule has 1 N–H and O–H groups in total. The number of nitrogens with one attached hydrogen (secondary N) is 1. The first kappa shape index (κ1) is 18.9. The van der Waals surface area contributed by atoms with Crippen molar-refractivity contribution in [2.75, 3.05) is 13.7 Å². The third kappa shape index (κ3) is 3.96. The minimum absolute atomic E-state index is 0.0378. The Kier molecular flexibility index (Phi) is 6.08. The molecule has 0 amide bonds. The molecule has 0 unspecified atom stereocenters. The number of carbonyl (C=O) groups is 1. The maximum atomic E-state index is 12.7. The van der Waals surface area contributed by atoms with E-state index < -0.39 is 18.6 Å². The van der Waals surface area contributed by atoms with Crippen molar-refractivity contribution in [3.05, 3.63) is 53.8 Å². The van der Waals surface area contributed by atoms with Gasteiger partial charge in [0.1, 0.15) is 5.75 Å². The van der Waals surface area contributed by atoms with Crippen LogP contribution in [0.15, 0.2) is 48.2 Å². The predicted octanol–water partition coefficient (Wildman–Crippen LogP) is 3.15. The number of hydrogen-bond acceptors (Lipinski definition) is 4. The van der Waals surface area contributed by atoms with Crippen LogP contribution in [0.4, 0.5) is 8.78 Å². The lowest BCUT2D eigenvalue weighted by molar-refractivity contribution is -0.136. The molecule has 0 aromatic heterocycles. The molecule has 1 heterocycles. The fourth-order valence-electron chi connectivity index (χ4n) is 2.66. The van der Waals surface area contributed by atoms with Crippen molar-refractivity contribution >= 4 is 23.3 Å². The fraction of sp³-hybridized carbons (Fsp3) is 0.294. The minimum atomic E-state index is -2.99. The number of alkyl halides is 2. The first-order chi connectivity index (χ1) is 11.9. The Morgan fingerprint density at radius 3 is 2.76 bits per heavy atom. The number of para-hydroxylation sites is 1. The first-order valence-corrected chi connectivity index (χ1v) is 7.83. The fourth-order valence-corrected chi connectivity index (χ4v) is 2.99. The summed E-state index contributed by atoms with van der Waals surface area (Å²) in [6.07, 6.45) is 1.64. The Morgan fingerprint density at radius 2 is 2.16 bits per heavy atom. The number of benzene rings is 1. The highest BCUT2D eigenvalue weighted by Gasteiger charge is 2.35. The molecule has 1 aromatic carbocycles. The van der Waals surface area contributed by atoms with Crippen LogP contribution < -0.4 is 10.1 Å². The third-order valence-electron chi connectivity index (χ3n) is 3.76. The molecule has 0 radical (unpaired) electrons. The summed E-state index contributed by atoms with van der Waals surface area (Å²) < 4.78 is 34.9. The normalized spacial score (nSPS) is 17.4. The van der Waals surface area contributed by atoms with Crippen LogP contribution in [0.3, 0.4) is 0 Å². The van der Waals surface area contributed by atoms with Crippen LogP contribution >= 0.6 is 12.2 Å². The maximum absolute atomic E-state index is 12.7. The molecule has 134 valence electrons. The number of nitrogens with zero attached hydrogens (tertiary/aromatic N) is 1. The lowest BCUT2D eigenvalue weighted by Crippen LogP contribution is -2.47. The van der Waals surface area contributed by atoms with Gasteiger partial charge in [-0.2, -0.15) is 8.78 Å². The molecule has 1 atom stereocenters. The van der Waals surface area contributed by atoms with Crippen molar-refractivity contribution in [2.24, 2.45) is 0 Å². The van der Waals surface area contributed by atoms with Crippen LogP contribution in [0.5, 0.6) is 5.75 Å². The van der Waals surface area contributed by atoms with Crippen molar-refractivity contribution in [1.82, 2.24) is 10.2 Å². The van der Waals surface area contributed by atoms with E-state index >= 15 is 0 Å². The average molecular weight is 368 g/mol. The zero-order valence-electron chi connectivity index (χ0n) is 13.8. The molecule has 1 aliphatic heterocycles. The highest BCUT2D eigenvalue weighted by atomic mass is 32.1. The van der Waals surface area contributed by atoms with Crippen LogP contribution in [0.1, 0.15) is 18.5 Å². The van der Waals surface area contributed by atoms with E-state index in [0.29, 0.717) is 22.9 Å². The van der Waals surface area contributed by atoms with E-state index in [9.17, 15) is 13.6 Å². The van der Waals surface area contributed by atoms with Gasteiger partial charge in [0, 0.05) is 17.8 Å². The lowest BCUT2D eigenvalue weighted by atomic mass is 9.94. The van der Waals surface area contributed by atoms with E-state index in [1.165, 1.54) is 13.2 Å². The first-order valence-electron chi connectivity index (χ1n) is 7.42. The minimum Gasteiger partial charge on any atom is -0.466 e. The molecule has 0 aliphatic carbocycles. The second-order valence-electron chi connectivity index (χ2n) is 5.19. The smallest absolute Gasteiger partial charge is 0.387 e. The SMILES string of the molecule is C=CCN1C(=S)N[C@@H](c2ccccc2OC(F)F)C(C(=O)OC)=C1C. The number of hydrogen-bond donors (Lipinski definition) is 1. The van der Waals surface area contributed by atoms with Gasteiger partial charge in [0.2, 0.25) is 0 Å². The number of thiocarbonyl (C=S) groups is 1. The molecule has 0 bridgehead atoms. The third-order valence-corrected chi connectivity index (χ3v) is 4.10. The van der Waals surface area contributed by atoms with Gasteiger partial charge in [0.25, 0.3) is 0 Å². The van der Waals surface area contributed by atoms with Gasteiger partial charge in [-0.05, 0) is 25.2 Å². The Balaban J connectivity index is 2.58. The summed E-state index contributed by atoms with van der Waals surface area (Å²) >= 11 is 5.35.